The van der Waals surface area contributed by atoms with Crippen molar-refractivity contribution >= 4 is 27.5 Å². The first-order chi connectivity index (χ1) is 14.3. The Morgan fingerprint density at radius 2 is 2.03 bits per heavy atom. The minimum atomic E-state index is -3.82. The standard InChI is InChI=1S/C21H22N6O2S/c1-14-5-8-18(12-19(14)30(23,28)29)26-21-24-13-15(2)20(27-21)25-17-9-6-16(7-10-17)4-3-11-22/h4-6,8-10,12-13H,3,7H2,1-2H3,(H2,23,28,29)(H2,24,25,26,27). The van der Waals surface area contributed by atoms with Crippen molar-refractivity contribution in [3.63, 3.8) is 0 Å². The van der Waals surface area contributed by atoms with Crippen LogP contribution in [0.2, 0.25) is 0 Å². The summed E-state index contributed by atoms with van der Waals surface area (Å²) in [5.41, 5.74) is 3.92. The average Bonchev–Trinajstić information content (AvgIpc) is 2.70. The van der Waals surface area contributed by atoms with E-state index in [9.17, 15) is 8.42 Å². The van der Waals surface area contributed by atoms with Crippen LogP contribution < -0.4 is 15.8 Å². The number of sulfonamides is 1. The van der Waals surface area contributed by atoms with Gasteiger partial charge in [-0.2, -0.15) is 10.2 Å². The molecule has 2 aromatic rings. The highest BCUT2D eigenvalue weighted by molar-refractivity contribution is 7.89. The molecule has 1 aromatic heterocycles. The molecule has 4 N–H and O–H groups in total. The molecule has 0 saturated heterocycles. The number of aryl methyl sites for hydroxylation is 2. The van der Waals surface area contributed by atoms with E-state index < -0.39 is 10.0 Å². The third-order valence-electron chi connectivity index (χ3n) is 4.48. The number of hydrogen-bond donors (Lipinski definition) is 3. The number of nitriles is 1. The summed E-state index contributed by atoms with van der Waals surface area (Å²) in [7, 11) is -3.82. The van der Waals surface area contributed by atoms with Gasteiger partial charge in [0.2, 0.25) is 16.0 Å². The predicted molar refractivity (Wildman–Crippen MR) is 116 cm³/mol. The number of benzene rings is 1. The van der Waals surface area contributed by atoms with E-state index in [-0.39, 0.29) is 4.90 Å². The second kappa shape index (κ2) is 8.90. The van der Waals surface area contributed by atoms with E-state index in [4.69, 9.17) is 10.4 Å². The van der Waals surface area contributed by atoms with Gasteiger partial charge in [-0.1, -0.05) is 24.3 Å². The van der Waals surface area contributed by atoms with Crippen LogP contribution in [-0.2, 0) is 10.0 Å². The molecule has 0 amide bonds. The minimum absolute atomic E-state index is 0.0516. The summed E-state index contributed by atoms with van der Waals surface area (Å²) in [6, 6.07) is 6.97. The molecule has 0 saturated carbocycles. The Hall–Kier alpha value is -3.48. The highest BCUT2D eigenvalue weighted by Gasteiger charge is 2.13. The molecule has 1 heterocycles. The Balaban J connectivity index is 1.78. The lowest BCUT2D eigenvalue weighted by Crippen LogP contribution is -2.14. The molecule has 0 unspecified atom stereocenters. The van der Waals surface area contributed by atoms with Gasteiger partial charge in [-0.25, -0.2) is 18.5 Å². The zero-order valence-electron chi connectivity index (χ0n) is 16.7. The zero-order chi connectivity index (χ0) is 21.7. The van der Waals surface area contributed by atoms with Crippen LogP contribution in [0.15, 0.2) is 64.9 Å². The van der Waals surface area contributed by atoms with Crippen LogP contribution in [0.3, 0.4) is 0 Å². The number of primary sulfonamides is 1. The van der Waals surface area contributed by atoms with E-state index in [0.717, 1.165) is 23.3 Å². The fourth-order valence-electron chi connectivity index (χ4n) is 2.86. The number of nitrogens with zero attached hydrogens (tertiary/aromatic N) is 3. The second-order valence-electron chi connectivity index (χ2n) is 6.84. The number of anilines is 3. The van der Waals surface area contributed by atoms with Crippen LogP contribution in [0.25, 0.3) is 0 Å². The van der Waals surface area contributed by atoms with E-state index in [1.165, 1.54) is 6.07 Å². The van der Waals surface area contributed by atoms with E-state index in [0.29, 0.717) is 29.4 Å². The first kappa shape index (κ1) is 21.2. The van der Waals surface area contributed by atoms with Gasteiger partial charge >= 0.3 is 0 Å². The van der Waals surface area contributed by atoms with Crippen molar-refractivity contribution in [2.45, 2.75) is 31.6 Å². The molecule has 0 fully saturated rings. The first-order valence-corrected chi connectivity index (χ1v) is 10.8. The molecular weight excluding hydrogens is 400 g/mol. The monoisotopic (exact) mass is 422 g/mol. The number of allylic oxidation sites excluding steroid dienone is 5. The van der Waals surface area contributed by atoms with Gasteiger partial charge in [-0.05, 0) is 49.6 Å². The van der Waals surface area contributed by atoms with Gasteiger partial charge in [0, 0.05) is 23.1 Å². The molecule has 0 radical (unpaired) electrons. The highest BCUT2D eigenvalue weighted by atomic mass is 32.2. The van der Waals surface area contributed by atoms with Crippen LogP contribution in [0.4, 0.5) is 17.5 Å². The molecule has 30 heavy (non-hydrogen) atoms. The summed E-state index contributed by atoms with van der Waals surface area (Å²) in [6.07, 6.45) is 10.6. The molecule has 1 aliphatic carbocycles. The first-order valence-electron chi connectivity index (χ1n) is 9.21. The molecule has 3 rings (SSSR count). The Morgan fingerprint density at radius 1 is 1.23 bits per heavy atom. The van der Waals surface area contributed by atoms with Crippen molar-refractivity contribution in [1.82, 2.24) is 9.97 Å². The third kappa shape index (κ3) is 5.31. The zero-order valence-corrected chi connectivity index (χ0v) is 17.5. The van der Waals surface area contributed by atoms with Crippen molar-refractivity contribution in [2.24, 2.45) is 5.14 Å². The van der Waals surface area contributed by atoms with Gasteiger partial charge in [-0.15, -0.1) is 0 Å². The number of rotatable bonds is 6. The Kier molecular flexibility index (Phi) is 6.30. The average molecular weight is 423 g/mol. The lowest BCUT2D eigenvalue weighted by atomic mass is 10.0. The minimum Gasteiger partial charge on any atom is -0.340 e. The van der Waals surface area contributed by atoms with Crippen molar-refractivity contribution in [3.8, 4) is 6.07 Å². The van der Waals surface area contributed by atoms with Crippen LogP contribution >= 0.6 is 0 Å². The summed E-state index contributed by atoms with van der Waals surface area (Å²) in [6.45, 7) is 3.57. The van der Waals surface area contributed by atoms with Crippen molar-refractivity contribution < 1.29 is 8.42 Å². The molecule has 8 nitrogen and oxygen atoms in total. The predicted octanol–water partition coefficient (Wildman–Crippen LogP) is 3.58. The van der Waals surface area contributed by atoms with Gasteiger partial charge in [0.1, 0.15) is 5.82 Å². The van der Waals surface area contributed by atoms with Gasteiger partial charge in [0.15, 0.2) is 0 Å². The fourth-order valence-corrected chi connectivity index (χ4v) is 3.67. The maximum Gasteiger partial charge on any atom is 0.238 e. The largest absolute Gasteiger partial charge is 0.340 e. The van der Waals surface area contributed by atoms with E-state index >= 15 is 0 Å². The fraction of sp³-hybridized carbons (Fsp3) is 0.190. The van der Waals surface area contributed by atoms with Crippen LogP contribution in [-0.4, -0.2) is 18.4 Å². The Morgan fingerprint density at radius 3 is 2.70 bits per heavy atom. The summed E-state index contributed by atoms with van der Waals surface area (Å²) in [5.74, 6) is 0.953. The van der Waals surface area contributed by atoms with Crippen molar-refractivity contribution in [1.29, 1.82) is 5.26 Å². The lowest BCUT2D eigenvalue weighted by molar-refractivity contribution is 0.597. The van der Waals surface area contributed by atoms with Crippen LogP contribution in [0.5, 0.6) is 0 Å². The maximum absolute atomic E-state index is 11.7. The molecule has 1 aliphatic rings. The van der Waals surface area contributed by atoms with E-state index in [2.05, 4.69) is 26.7 Å². The molecular formula is C21H22N6O2S. The Labute approximate surface area is 175 Å². The van der Waals surface area contributed by atoms with Crippen LogP contribution in [0, 0.1) is 25.2 Å². The normalized spacial score (nSPS) is 14.9. The quantitative estimate of drug-likeness (QED) is 0.648. The highest BCUT2D eigenvalue weighted by Crippen LogP contribution is 2.24. The number of aromatic nitrogens is 2. The molecule has 0 bridgehead atoms. The summed E-state index contributed by atoms with van der Waals surface area (Å²) in [4.78, 5) is 8.82. The topological polar surface area (TPSA) is 134 Å². The van der Waals surface area contributed by atoms with E-state index in [1.54, 1.807) is 25.3 Å². The van der Waals surface area contributed by atoms with Crippen LogP contribution in [0.1, 0.15) is 24.0 Å². The summed E-state index contributed by atoms with van der Waals surface area (Å²) in [5, 5.41) is 20.2. The summed E-state index contributed by atoms with van der Waals surface area (Å²) >= 11 is 0. The molecule has 9 heteroatoms. The van der Waals surface area contributed by atoms with Gasteiger partial charge in [-0.3, -0.25) is 0 Å². The molecule has 0 spiro atoms. The third-order valence-corrected chi connectivity index (χ3v) is 5.53. The van der Waals surface area contributed by atoms with Crippen molar-refractivity contribution in [2.75, 3.05) is 10.6 Å². The van der Waals surface area contributed by atoms with Gasteiger partial charge in [0.25, 0.3) is 0 Å². The van der Waals surface area contributed by atoms with Crippen molar-refractivity contribution in [3.05, 3.63) is 71.1 Å². The second-order valence-corrected chi connectivity index (χ2v) is 8.37. The Bertz CT molecular complexity index is 1210. The lowest BCUT2D eigenvalue weighted by Gasteiger charge is -2.14. The SMILES string of the molecule is Cc1ccc(Nc2ncc(C)c(NC3=CCC(=CCC#N)C=C3)n2)cc1S(N)(=O)=O. The van der Waals surface area contributed by atoms with Gasteiger partial charge < -0.3 is 10.6 Å². The smallest absolute Gasteiger partial charge is 0.238 e. The molecule has 0 atom stereocenters. The number of nitrogens with two attached hydrogens (primary N) is 1. The van der Waals surface area contributed by atoms with E-state index in [1.807, 2.05) is 31.2 Å². The number of nitrogens with one attached hydrogen (secondary N) is 2. The molecule has 0 aliphatic heterocycles. The molecule has 1 aromatic carbocycles. The van der Waals surface area contributed by atoms with Gasteiger partial charge in [0.05, 0.1) is 17.4 Å². The molecule has 154 valence electrons. The number of hydrogen-bond acceptors (Lipinski definition) is 7. The summed E-state index contributed by atoms with van der Waals surface area (Å²) < 4.78 is 23.5. The maximum atomic E-state index is 11.7.